The number of carbonyl (C=O) groups is 9. The number of aliphatic hydroxyl groups is 1. The molecule has 0 unspecified atom stereocenters. The van der Waals surface area contributed by atoms with Crippen molar-refractivity contribution in [2.75, 3.05) is 39.3 Å². The lowest BCUT2D eigenvalue weighted by atomic mass is 9.93. The first-order valence-corrected chi connectivity index (χ1v) is 26.5. The van der Waals surface area contributed by atoms with E-state index in [1.807, 2.05) is 27.7 Å². The van der Waals surface area contributed by atoms with Crippen LogP contribution in [0.2, 0.25) is 0 Å². The summed E-state index contributed by atoms with van der Waals surface area (Å²) < 4.78 is 0. The van der Waals surface area contributed by atoms with Gasteiger partial charge in [0.1, 0.15) is 42.0 Å². The average Bonchev–Trinajstić information content (AvgIpc) is 3.34. The number of hydrogen-bond acceptors (Lipinski definition) is 14. The van der Waals surface area contributed by atoms with Crippen LogP contribution in [0.5, 0.6) is 0 Å². The number of rotatable bonds is 26. The largest absolute Gasteiger partial charge is 0.393 e. The zero-order valence-corrected chi connectivity index (χ0v) is 44.4. The van der Waals surface area contributed by atoms with Crippen LogP contribution in [0.15, 0.2) is 30.3 Å². The number of nitrogens with zero attached hydrogens (tertiary/aromatic N) is 1. The first-order chi connectivity index (χ1) is 35.3. The second kappa shape index (κ2) is 35.4. The maximum Gasteiger partial charge on any atom is 0.336 e. The van der Waals surface area contributed by atoms with Gasteiger partial charge in [-0.1, -0.05) is 97.1 Å². The molecule has 74 heavy (non-hydrogen) atoms. The Bertz CT molecular complexity index is 1930. The van der Waals surface area contributed by atoms with Crippen LogP contribution in [-0.2, 0) is 44.8 Å². The fourth-order valence-electron chi connectivity index (χ4n) is 8.46. The topological polar surface area (TPSA) is 377 Å². The molecular weight excluding hydrogens is 955 g/mol. The van der Waals surface area contributed by atoms with E-state index in [9.17, 15) is 48.3 Å². The highest BCUT2D eigenvalue weighted by atomic mass is 16.3. The quantitative estimate of drug-likeness (QED) is 0.0514. The smallest absolute Gasteiger partial charge is 0.336 e. The van der Waals surface area contributed by atoms with Gasteiger partial charge in [0.05, 0.1) is 12.6 Å². The number of unbranched alkanes of at least 4 members (excludes halogenated alkanes) is 4. The first kappa shape index (κ1) is 64.4. The van der Waals surface area contributed by atoms with Crippen molar-refractivity contribution in [1.29, 1.82) is 0 Å². The molecule has 0 radical (unpaired) electrons. The van der Waals surface area contributed by atoms with Crippen molar-refractivity contribution in [3.8, 4) is 0 Å². The van der Waals surface area contributed by atoms with Crippen molar-refractivity contribution < 1.29 is 48.3 Å². The summed E-state index contributed by atoms with van der Waals surface area (Å²) in [7, 11) is 0. The number of nitrogens with one attached hydrogen (secondary N) is 8. The Morgan fingerprint density at radius 3 is 1.73 bits per heavy atom. The molecule has 418 valence electrons. The van der Waals surface area contributed by atoms with Crippen LogP contribution in [0, 0.1) is 17.8 Å². The highest BCUT2D eigenvalue weighted by Crippen LogP contribution is 2.16. The third-order valence-electron chi connectivity index (χ3n) is 12.4. The Kier molecular flexibility index (Phi) is 30.8. The van der Waals surface area contributed by atoms with Crippen molar-refractivity contribution in [2.24, 2.45) is 40.7 Å². The molecule has 1 aliphatic heterocycles. The number of amides is 9. The zero-order valence-electron chi connectivity index (χ0n) is 44.4. The van der Waals surface area contributed by atoms with Gasteiger partial charge in [0, 0.05) is 38.3 Å². The van der Waals surface area contributed by atoms with Gasteiger partial charge < -0.3 is 65.3 Å². The standard InChI is InChI=1S/C51H89N13O10/c1-6-7-8-9-13-16-36(65)31-37(66)30-35(17-21-52)44(67)57-40-20-25-56-45(68)41(27-32(2)3)60-47(70)39(19-23-54)58-46(69)38(18-22-53)59-48(71)42(28-33(4)5)61-49(72)43(29-34-14-11-10-12-15-34)62-51(74)64(26-24-55)63-50(40)73/h10-12,14-15,32-33,35-36,38-43,65H,6-9,13,16-31,52-55H2,1-5H3,(H,56,68)(H,57,67)(H,58,69)(H,59,71)(H,60,70)(H,61,72)(H,62,74)(H,63,73)/t35-,36+,38-,39-,40-,41-,42-,43+/m0/s1. The van der Waals surface area contributed by atoms with E-state index in [1.54, 1.807) is 30.3 Å². The minimum absolute atomic E-state index is 0.0103. The first-order valence-electron chi connectivity index (χ1n) is 26.5. The number of ketones is 1. The molecule has 23 nitrogen and oxygen atoms in total. The van der Waals surface area contributed by atoms with Gasteiger partial charge in [0.25, 0.3) is 5.91 Å². The van der Waals surface area contributed by atoms with Crippen molar-refractivity contribution in [3.63, 3.8) is 0 Å². The molecule has 1 fully saturated rings. The van der Waals surface area contributed by atoms with Gasteiger partial charge in [0.2, 0.25) is 35.4 Å². The van der Waals surface area contributed by atoms with Crippen molar-refractivity contribution in [1.82, 2.24) is 47.7 Å². The normalized spacial score (nSPS) is 22.1. The van der Waals surface area contributed by atoms with E-state index in [0.29, 0.717) is 12.0 Å². The second-order valence-electron chi connectivity index (χ2n) is 20.0. The van der Waals surface area contributed by atoms with Crippen LogP contribution < -0.4 is 65.6 Å². The molecule has 0 aromatic heterocycles. The molecule has 1 aromatic carbocycles. The van der Waals surface area contributed by atoms with Gasteiger partial charge in [-0.05, 0) is 82.0 Å². The second-order valence-corrected chi connectivity index (χ2v) is 20.0. The maximum absolute atomic E-state index is 14.4. The summed E-state index contributed by atoms with van der Waals surface area (Å²) in [5.41, 5.74) is 26.7. The van der Waals surface area contributed by atoms with E-state index in [4.69, 9.17) is 22.9 Å². The Labute approximate surface area is 437 Å². The molecule has 1 saturated heterocycles. The Morgan fingerprint density at radius 2 is 1.19 bits per heavy atom. The maximum atomic E-state index is 14.4. The number of carbonyl (C=O) groups excluding carboxylic acids is 9. The molecule has 9 amide bonds. The van der Waals surface area contributed by atoms with Crippen molar-refractivity contribution in [3.05, 3.63) is 35.9 Å². The van der Waals surface area contributed by atoms with E-state index < -0.39 is 95.7 Å². The predicted molar refractivity (Wildman–Crippen MR) is 281 cm³/mol. The van der Waals surface area contributed by atoms with E-state index in [2.05, 4.69) is 49.6 Å². The minimum atomic E-state index is -1.47. The molecule has 17 N–H and O–H groups in total. The lowest BCUT2D eigenvalue weighted by molar-refractivity contribution is -0.135. The number of benzene rings is 1. The van der Waals surface area contributed by atoms with Gasteiger partial charge in [-0.25, -0.2) is 9.80 Å². The summed E-state index contributed by atoms with van der Waals surface area (Å²) in [6.45, 7) is 8.61. The summed E-state index contributed by atoms with van der Waals surface area (Å²) in [6.07, 6.45) is 3.79. The Morgan fingerprint density at radius 1 is 0.649 bits per heavy atom. The molecule has 0 aliphatic carbocycles. The molecule has 1 aromatic rings. The van der Waals surface area contributed by atoms with Crippen molar-refractivity contribution in [2.45, 2.75) is 173 Å². The molecule has 8 atom stereocenters. The Balaban J connectivity index is 2.68. The van der Waals surface area contributed by atoms with Crippen LogP contribution in [0.4, 0.5) is 4.79 Å². The van der Waals surface area contributed by atoms with Crippen LogP contribution in [0.25, 0.3) is 0 Å². The third kappa shape index (κ3) is 24.5. The summed E-state index contributed by atoms with van der Waals surface area (Å²) in [4.78, 5) is 126. The number of urea groups is 1. The molecular formula is C51H89N13O10. The summed E-state index contributed by atoms with van der Waals surface area (Å²) in [5.74, 6) is -7.00. The lowest BCUT2D eigenvalue weighted by Crippen LogP contribution is -2.62. The third-order valence-corrected chi connectivity index (χ3v) is 12.4. The number of hydrazine groups is 1. The summed E-state index contributed by atoms with van der Waals surface area (Å²) >= 11 is 0. The molecule has 0 spiro atoms. The van der Waals surface area contributed by atoms with Crippen molar-refractivity contribution >= 4 is 53.2 Å². The molecule has 1 heterocycles. The number of aliphatic hydroxyl groups excluding tert-OH is 1. The number of hydrogen-bond donors (Lipinski definition) is 13. The molecule has 1 aliphatic rings. The molecule has 0 bridgehead atoms. The van der Waals surface area contributed by atoms with Gasteiger partial charge in [-0.3, -0.25) is 43.8 Å². The predicted octanol–water partition coefficient (Wildman–Crippen LogP) is -0.631. The van der Waals surface area contributed by atoms with E-state index in [1.165, 1.54) is 0 Å². The van der Waals surface area contributed by atoms with Gasteiger partial charge in [-0.2, -0.15) is 0 Å². The van der Waals surface area contributed by atoms with Crippen LogP contribution in [0.1, 0.15) is 130 Å². The zero-order chi connectivity index (χ0) is 55.2. The van der Waals surface area contributed by atoms with Crippen LogP contribution >= 0.6 is 0 Å². The lowest BCUT2D eigenvalue weighted by Gasteiger charge is -2.30. The molecule has 2 rings (SSSR count). The van der Waals surface area contributed by atoms with Gasteiger partial charge in [-0.15, -0.1) is 0 Å². The van der Waals surface area contributed by atoms with E-state index in [-0.39, 0.29) is 115 Å². The fourth-order valence-corrected chi connectivity index (χ4v) is 8.46. The van der Waals surface area contributed by atoms with Gasteiger partial charge in [0.15, 0.2) is 0 Å². The van der Waals surface area contributed by atoms with Crippen LogP contribution in [0.3, 0.4) is 0 Å². The summed E-state index contributed by atoms with van der Waals surface area (Å²) in [6, 6.07) is -0.00101. The Hall–Kier alpha value is -5.75. The van der Waals surface area contributed by atoms with Gasteiger partial charge >= 0.3 is 6.03 Å². The molecule has 0 saturated carbocycles. The monoisotopic (exact) mass is 1040 g/mol. The SMILES string of the molecule is CCCCCCC[C@@H](O)CC(=O)C[C@H](CCN)C(=O)N[C@H]1CCNC(=O)[C@H](CC(C)C)NC(=O)[C@H](CCN)NC(=O)[C@H](CCN)NC(=O)[C@H](CC(C)C)NC(=O)[C@@H](Cc2ccccc2)NC(=O)N(CCN)NC1=O. The van der Waals surface area contributed by atoms with Crippen LogP contribution in [-0.4, -0.2) is 145 Å². The summed E-state index contributed by atoms with van der Waals surface area (Å²) in [5, 5.41) is 30.3. The fraction of sp³-hybridized carbons (Fsp3) is 0.706. The number of Topliss-reactive ketones (excluding diaryl/α,β-unsaturated/α-hetero) is 1. The van der Waals surface area contributed by atoms with E-state index in [0.717, 1.165) is 37.1 Å². The average molecular weight is 1040 g/mol. The molecule has 23 heteroatoms. The highest BCUT2D eigenvalue weighted by Gasteiger charge is 2.35. The number of nitrogens with two attached hydrogens (primary N) is 4. The highest BCUT2D eigenvalue weighted by molar-refractivity contribution is 5.97. The minimum Gasteiger partial charge on any atom is -0.393 e. The van der Waals surface area contributed by atoms with E-state index >= 15 is 0 Å².